The van der Waals surface area contributed by atoms with Gasteiger partial charge >= 0.3 is 0 Å². The predicted octanol–water partition coefficient (Wildman–Crippen LogP) is 5.14. The van der Waals surface area contributed by atoms with E-state index in [1.807, 2.05) is 24.5 Å². The quantitative estimate of drug-likeness (QED) is 0.440. The van der Waals surface area contributed by atoms with E-state index in [0.717, 1.165) is 4.90 Å². The summed E-state index contributed by atoms with van der Waals surface area (Å²) in [5.74, 6) is -0.0173. The highest BCUT2D eigenvalue weighted by atomic mass is 35.5. The minimum atomic E-state index is -0.0173. The molecule has 0 fully saturated rings. The average molecular weight is 289 g/mol. The van der Waals surface area contributed by atoms with Gasteiger partial charge in [-0.15, -0.1) is 0 Å². The summed E-state index contributed by atoms with van der Waals surface area (Å²) in [5, 5.41) is 2.44. The van der Waals surface area contributed by atoms with Gasteiger partial charge in [-0.25, -0.2) is 0 Å². The molecule has 0 aliphatic carbocycles. The summed E-state index contributed by atoms with van der Waals surface area (Å²) in [7, 11) is 0. The van der Waals surface area contributed by atoms with Gasteiger partial charge in [0, 0.05) is 15.5 Å². The van der Waals surface area contributed by atoms with Crippen LogP contribution in [0.3, 0.4) is 0 Å². The zero-order valence-electron chi connectivity index (χ0n) is 10.5. The van der Waals surface area contributed by atoms with Crippen LogP contribution in [0, 0.1) is 6.92 Å². The Morgan fingerprint density at radius 2 is 1.68 bits per heavy atom. The maximum Gasteiger partial charge on any atom is 0.186 e. The van der Waals surface area contributed by atoms with E-state index in [1.165, 1.54) is 17.3 Å². The number of thioether (sulfide) groups is 1. The van der Waals surface area contributed by atoms with Crippen LogP contribution in [0.4, 0.5) is 0 Å². The van der Waals surface area contributed by atoms with Gasteiger partial charge in [0.2, 0.25) is 0 Å². The minimum absolute atomic E-state index is 0.0173. The Balaban J connectivity index is 1.97. The van der Waals surface area contributed by atoms with Crippen LogP contribution in [0.15, 0.2) is 64.9 Å². The fraction of sp³-hybridized carbons (Fsp3) is 0.0625. The number of benzene rings is 2. The largest absolute Gasteiger partial charge is 0.289 e. The third-order valence-corrected chi connectivity index (χ3v) is 3.64. The van der Waals surface area contributed by atoms with Crippen LogP contribution in [0.5, 0.6) is 0 Å². The van der Waals surface area contributed by atoms with Crippen LogP contribution in [0.2, 0.25) is 5.02 Å². The Morgan fingerprint density at radius 1 is 1.05 bits per heavy atom. The molecule has 0 spiro atoms. The summed E-state index contributed by atoms with van der Waals surface area (Å²) in [6.07, 6.45) is 1.58. The topological polar surface area (TPSA) is 17.1 Å². The van der Waals surface area contributed by atoms with Gasteiger partial charge in [0.1, 0.15) is 0 Å². The van der Waals surface area contributed by atoms with E-state index in [-0.39, 0.29) is 5.78 Å². The van der Waals surface area contributed by atoms with E-state index >= 15 is 0 Å². The van der Waals surface area contributed by atoms with E-state index < -0.39 is 0 Å². The van der Waals surface area contributed by atoms with Crippen LogP contribution in [0.25, 0.3) is 0 Å². The smallest absolute Gasteiger partial charge is 0.186 e. The summed E-state index contributed by atoms with van der Waals surface area (Å²) in [5.41, 5.74) is 1.87. The van der Waals surface area contributed by atoms with Crippen molar-refractivity contribution >= 4 is 29.1 Å². The van der Waals surface area contributed by atoms with Crippen molar-refractivity contribution in [2.24, 2.45) is 0 Å². The van der Waals surface area contributed by atoms with Gasteiger partial charge in [-0.2, -0.15) is 0 Å². The first kappa shape index (κ1) is 13.9. The van der Waals surface area contributed by atoms with E-state index in [1.54, 1.807) is 30.3 Å². The molecule has 0 radical (unpaired) electrons. The van der Waals surface area contributed by atoms with Crippen LogP contribution >= 0.6 is 23.4 Å². The SMILES string of the molecule is Cc1ccc(S/C=C/C(=O)c2ccc(Cl)cc2)cc1. The maximum absolute atomic E-state index is 11.9. The lowest BCUT2D eigenvalue weighted by Gasteiger charge is -1.97. The highest BCUT2D eigenvalue weighted by molar-refractivity contribution is 8.02. The van der Waals surface area contributed by atoms with Gasteiger partial charge in [-0.05, 0) is 54.8 Å². The Bertz CT molecular complexity index is 585. The molecule has 19 heavy (non-hydrogen) atoms. The summed E-state index contributed by atoms with van der Waals surface area (Å²) in [6, 6.07) is 15.1. The van der Waals surface area contributed by atoms with Crippen molar-refractivity contribution < 1.29 is 4.79 Å². The lowest BCUT2D eigenvalue weighted by atomic mass is 10.1. The number of hydrogen-bond donors (Lipinski definition) is 0. The van der Waals surface area contributed by atoms with Gasteiger partial charge in [-0.1, -0.05) is 41.1 Å². The normalized spacial score (nSPS) is 10.8. The molecule has 2 aromatic carbocycles. The highest BCUT2D eigenvalue weighted by Gasteiger charge is 2.00. The van der Waals surface area contributed by atoms with Crippen LogP contribution in [0.1, 0.15) is 15.9 Å². The van der Waals surface area contributed by atoms with E-state index in [9.17, 15) is 4.79 Å². The molecular formula is C16H13ClOS. The maximum atomic E-state index is 11.9. The summed E-state index contributed by atoms with van der Waals surface area (Å²) in [6.45, 7) is 2.05. The third kappa shape index (κ3) is 4.27. The molecule has 0 aliphatic heterocycles. The summed E-state index contributed by atoms with van der Waals surface area (Å²) < 4.78 is 0. The molecule has 2 aromatic rings. The fourth-order valence-electron chi connectivity index (χ4n) is 1.50. The molecule has 0 N–H and O–H groups in total. The number of rotatable bonds is 4. The van der Waals surface area contributed by atoms with Crippen molar-refractivity contribution in [3.8, 4) is 0 Å². The van der Waals surface area contributed by atoms with Crippen LogP contribution in [-0.2, 0) is 0 Å². The molecule has 0 bridgehead atoms. The second-order valence-corrected chi connectivity index (χ2v) is 5.52. The fourth-order valence-corrected chi connectivity index (χ4v) is 2.27. The van der Waals surface area contributed by atoms with E-state index in [2.05, 4.69) is 12.1 Å². The van der Waals surface area contributed by atoms with Gasteiger partial charge in [-0.3, -0.25) is 4.79 Å². The van der Waals surface area contributed by atoms with Crippen molar-refractivity contribution in [2.75, 3.05) is 0 Å². The first-order valence-electron chi connectivity index (χ1n) is 5.85. The molecule has 0 heterocycles. The van der Waals surface area contributed by atoms with Gasteiger partial charge in [0.25, 0.3) is 0 Å². The Kier molecular flexibility index (Phi) is 4.83. The molecule has 0 aromatic heterocycles. The standard InChI is InChI=1S/C16H13ClOS/c1-12-2-8-15(9-3-12)19-11-10-16(18)13-4-6-14(17)7-5-13/h2-11H,1H3/b11-10+. The molecule has 0 unspecified atom stereocenters. The number of carbonyl (C=O) groups is 1. The number of ketones is 1. The highest BCUT2D eigenvalue weighted by Crippen LogP contribution is 2.19. The molecule has 0 amide bonds. The molecule has 1 nitrogen and oxygen atoms in total. The number of hydrogen-bond acceptors (Lipinski definition) is 2. The number of aryl methyl sites for hydroxylation is 1. The molecular weight excluding hydrogens is 276 g/mol. The van der Waals surface area contributed by atoms with Gasteiger partial charge in [0.05, 0.1) is 0 Å². The van der Waals surface area contributed by atoms with Gasteiger partial charge < -0.3 is 0 Å². The lowest BCUT2D eigenvalue weighted by molar-refractivity contribution is 0.104. The predicted molar refractivity (Wildman–Crippen MR) is 82.0 cm³/mol. The molecule has 0 saturated heterocycles. The molecule has 96 valence electrons. The van der Waals surface area contributed by atoms with E-state index in [4.69, 9.17) is 11.6 Å². The number of allylic oxidation sites excluding steroid dienone is 1. The van der Waals surface area contributed by atoms with Crippen molar-refractivity contribution in [3.63, 3.8) is 0 Å². The summed E-state index contributed by atoms with van der Waals surface area (Å²) in [4.78, 5) is 13.0. The minimum Gasteiger partial charge on any atom is -0.289 e. The first-order valence-corrected chi connectivity index (χ1v) is 7.11. The number of halogens is 1. The molecule has 0 atom stereocenters. The zero-order valence-corrected chi connectivity index (χ0v) is 12.0. The van der Waals surface area contributed by atoms with Crippen LogP contribution < -0.4 is 0 Å². The van der Waals surface area contributed by atoms with E-state index in [0.29, 0.717) is 10.6 Å². The molecule has 0 aliphatic rings. The Labute approximate surface area is 122 Å². The van der Waals surface area contributed by atoms with Crippen molar-refractivity contribution in [2.45, 2.75) is 11.8 Å². The lowest BCUT2D eigenvalue weighted by Crippen LogP contribution is -1.92. The second kappa shape index (κ2) is 6.60. The summed E-state index contributed by atoms with van der Waals surface area (Å²) >= 11 is 7.31. The monoisotopic (exact) mass is 288 g/mol. The number of carbonyl (C=O) groups excluding carboxylic acids is 1. The second-order valence-electron chi connectivity index (χ2n) is 4.10. The van der Waals surface area contributed by atoms with Crippen molar-refractivity contribution in [1.82, 2.24) is 0 Å². The third-order valence-electron chi connectivity index (χ3n) is 2.57. The average Bonchev–Trinajstić information content (AvgIpc) is 2.41. The Morgan fingerprint density at radius 3 is 2.32 bits per heavy atom. The first-order chi connectivity index (χ1) is 9.15. The Hall–Kier alpha value is -1.51. The zero-order chi connectivity index (χ0) is 13.7. The van der Waals surface area contributed by atoms with Crippen LogP contribution in [-0.4, -0.2) is 5.78 Å². The molecule has 2 rings (SSSR count). The molecule has 0 saturated carbocycles. The van der Waals surface area contributed by atoms with Gasteiger partial charge in [0.15, 0.2) is 5.78 Å². The van der Waals surface area contributed by atoms with Crippen molar-refractivity contribution in [3.05, 3.63) is 76.2 Å². The molecule has 3 heteroatoms. The van der Waals surface area contributed by atoms with Crippen molar-refractivity contribution in [1.29, 1.82) is 0 Å².